The summed E-state index contributed by atoms with van der Waals surface area (Å²) in [6.45, 7) is 8.73. The number of nitrogens with zero attached hydrogens (tertiary/aromatic N) is 4. The number of amides is 1. The van der Waals surface area contributed by atoms with Gasteiger partial charge < -0.3 is 20.2 Å². The summed E-state index contributed by atoms with van der Waals surface area (Å²) in [7, 11) is 0. The number of hydrogen-bond acceptors (Lipinski definition) is 4. The second-order valence-electron chi connectivity index (χ2n) is 7.97. The molecule has 8 heteroatoms. The molecule has 2 aliphatic heterocycles. The molecule has 0 aliphatic carbocycles. The molecule has 30 heavy (non-hydrogen) atoms. The summed E-state index contributed by atoms with van der Waals surface area (Å²) in [6, 6.07) is 7.21. The van der Waals surface area contributed by atoms with Crippen LogP contribution in [0.4, 0.5) is 0 Å². The average molecular weight is 436 g/mol. The number of carbonyl (C=O) groups excluding carboxylic acids is 1. The van der Waals surface area contributed by atoms with Crippen molar-refractivity contribution in [1.29, 1.82) is 0 Å². The number of aliphatic hydroxyl groups excluding tert-OH is 1. The first-order valence-corrected chi connectivity index (χ1v) is 11.4. The number of piperazine rings is 1. The summed E-state index contributed by atoms with van der Waals surface area (Å²) in [6.07, 6.45) is 2.83. The van der Waals surface area contributed by atoms with E-state index in [-0.39, 0.29) is 12.5 Å². The van der Waals surface area contributed by atoms with Crippen molar-refractivity contribution < 1.29 is 9.90 Å². The topological polar surface area (TPSA) is 71.4 Å². The maximum absolute atomic E-state index is 12.5. The number of likely N-dealkylation sites (tertiary alicyclic amines) is 1. The molecule has 0 aromatic heterocycles. The fourth-order valence-electron chi connectivity index (χ4n) is 3.94. The van der Waals surface area contributed by atoms with E-state index in [1.807, 2.05) is 24.0 Å². The lowest BCUT2D eigenvalue weighted by Crippen LogP contribution is -2.54. The van der Waals surface area contributed by atoms with Gasteiger partial charge in [-0.3, -0.25) is 14.7 Å². The Morgan fingerprint density at radius 1 is 1.07 bits per heavy atom. The van der Waals surface area contributed by atoms with Gasteiger partial charge in [-0.25, -0.2) is 0 Å². The molecule has 2 aliphatic rings. The number of piperidine rings is 1. The second-order valence-corrected chi connectivity index (χ2v) is 8.40. The molecule has 0 saturated carbocycles. The number of rotatable bonds is 6. The molecule has 1 aromatic carbocycles. The molecule has 0 bridgehead atoms. The van der Waals surface area contributed by atoms with E-state index in [2.05, 4.69) is 20.1 Å². The van der Waals surface area contributed by atoms with Crippen molar-refractivity contribution in [2.45, 2.75) is 32.3 Å². The van der Waals surface area contributed by atoms with Crippen molar-refractivity contribution in [3.8, 4) is 0 Å². The Labute approximate surface area is 184 Å². The number of halogens is 1. The van der Waals surface area contributed by atoms with Crippen molar-refractivity contribution in [3.63, 3.8) is 0 Å². The van der Waals surface area contributed by atoms with E-state index < -0.39 is 6.10 Å². The van der Waals surface area contributed by atoms with Gasteiger partial charge >= 0.3 is 0 Å². The second kappa shape index (κ2) is 11.5. The molecule has 0 spiro atoms. The first kappa shape index (κ1) is 22.8. The van der Waals surface area contributed by atoms with Crippen LogP contribution in [0.1, 0.15) is 37.9 Å². The molecule has 7 nitrogen and oxygen atoms in total. The summed E-state index contributed by atoms with van der Waals surface area (Å²) < 4.78 is 0. The van der Waals surface area contributed by atoms with Crippen LogP contribution in [0.2, 0.25) is 5.02 Å². The van der Waals surface area contributed by atoms with E-state index in [0.29, 0.717) is 11.6 Å². The van der Waals surface area contributed by atoms with Crippen molar-refractivity contribution in [3.05, 3.63) is 34.9 Å². The lowest BCUT2D eigenvalue weighted by atomic mass is 10.1. The molecular weight excluding hydrogens is 402 g/mol. The Kier molecular flexibility index (Phi) is 8.78. The monoisotopic (exact) mass is 435 g/mol. The van der Waals surface area contributed by atoms with Gasteiger partial charge in [-0.15, -0.1) is 0 Å². The highest BCUT2D eigenvalue weighted by atomic mass is 35.5. The molecule has 0 radical (unpaired) electrons. The first-order valence-electron chi connectivity index (χ1n) is 11.0. The van der Waals surface area contributed by atoms with Gasteiger partial charge in [-0.1, -0.05) is 23.7 Å². The van der Waals surface area contributed by atoms with Crippen LogP contribution in [0.25, 0.3) is 0 Å². The van der Waals surface area contributed by atoms with Gasteiger partial charge in [-0.05, 0) is 43.9 Å². The fourth-order valence-corrected chi connectivity index (χ4v) is 4.07. The minimum Gasteiger partial charge on any atom is -0.386 e. The molecule has 166 valence electrons. The standard InChI is InChI=1S/C22H34ClN5O2/c1-2-24-22(25-16-20(29)18-6-8-19(23)9-7-18)28-14-12-26(13-15-28)17-21(30)27-10-4-3-5-11-27/h6-9,20,29H,2-5,10-17H2,1H3,(H,24,25). The zero-order valence-electron chi connectivity index (χ0n) is 17.9. The van der Waals surface area contributed by atoms with Crippen molar-refractivity contribution in [2.24, 2.45) is 4.99 Å². The largest absolute Gasteiger partial charge is 0.386 e. The minimum absolute atomic E-state index is 0.259. The van der Waals surface area contributed by atoms with Gasteiger partial charge in [0.2, 0.25) is 5.91 Å². The Bertz CT molecular complexity index is 698. The molecule has 3 rings (SSSR count). The predicted octanol–water partition coefficient (Wildman–Crippen LogP) is 1.97. The maximum atomic E-state index is 12.5. The molecular formula is C22H34ClN5O2. The molecule has 2 heterocycles. The number of hydrogen-bond donors (Lipinski definition) is 2. The predicted molar refractivity (Wildman–Crippen MR) is 121 cm³/mol. The molecule has 1 atom stereocenters. The Morgan fingerprint density at radius 2 is 1.73 bits per heavy atom. The smallest absolute Gasteiger partial charge is 0.236 e. The van der Waals surface area contributed by atoms with Crippen LogP contribution in [-0.4, -0.2) is 90.6 Å². The van der Waals surface area contributed by atoms with Crippen molar-refractivity contribution in [2.75, 3.05) is 58.9 Å². The van der Waals surface area contributed by atoms with Crippen LogP contribution in [0, 0.1) is 0 Å². The van der Waals surface area contributed by atoms with E-state index in [1.165, 1.54) is 6.42 Å². The van der Waals surface area contributed by atoms with E-state index in [1.54, 1.807) is 12.1 Å². The molecule has 1 aromatic rings. The Hall–Kier alpha value is -1.83. The Balaban J connectivity index is 1.50. The first-order chi connectivity index (χ1) is 14.6. The highest BCUT2D eigenvalue weighted by Crippen LogP contribution is 2.17. The van der Waals surface area contributed by atoms with Crippen molar-refractivity contribution in [1.82, 2.24) is 20.0 Å². The van der Waals surface area contributed by atoms with Gasteiger partial charge in [0.05, 0.1) is 19.2 Å². The average Bonchev–Trinajstić information content (AvgIpc) is 2.78. The third-order valence-electron chi connectivity index (χ3n) is 5.74. The SMILES string of the molecule is CCNC(=NCC(O)c1ccc(Cl)cc1)N1CCN(CC(=O)N2CCCCC2)CC1. The fraction of sp³-hybridized carbons (Fsp3) is 0.636. The summed E-state index contributed by atoms with van der Waals surface area (Å²) >= 11 is 5.92. The summed E-state index contributed by atoms with van der Waals surface area (Å²) in [5.74, 6) is 1.07. The third-order valence-corrected chi connectivity index (χ3v) is 6.00. The van der Waals surface area contributed by atoms with Crippen LogP contribution in [0.15, 0.2) is 29.3 Å². The van der Waals surface area contributed by atoms with E-state index in [9.17, 15) is 9.90 Å². The molecule has 1 amide bonds. The zero-order chi connectivity index (χ0) is 21.3. The highest BCUT2D eigenvalue weighted by Gasteiger charge is 2.24. The normalized spacial score (nSPS) is 19.6. The van der Waals surface area contributed by atoms with Crippen LogP contribution in [-0.2, 0) is 4.79 Å². The zero-order valence-corrected chi connectivity index (χ0v) is 18.7. The minimum atomic E-state index is -0.667. The van der Waals surface area contributed by atoms with Crippen LogP contribution >= 0.6 is 11.6 Å². The van der Waals surface area contributed by atoms with Gasteiger partial charge in [0.15, 0.2) is 5.96 Å². The van der Waals surface area contributed by atoms with Crippen LogP contribution in [0.3, 0.4) is 0 Å². The summed E-state index contributed by atoms with van der Waals surface area (Å²) in [4.78, 5) is 23.6. The van der Waals surface area contributed by atoms with Crippen LogP contribution in [0.5, 0.6) is 0 Å². The summed E-state index contributed by atoms with van der Waals surface area (Å²) in [5, 5.41) is 14.4. The van der Waals surface area contributed by atoms with Gasteiger partial charge in [-0.2, -0.15) is 0 Å². The number of aliphatic imine (C=N–C) groups is 1. The maximum Gasteiger partial charge on any atom is 0.236 e. The molecule has 2 N–H and O–H groups in total. The quantitative estimate of drug-likeness (QED) is 0.528. The van der Waals surface area contributed by atoms with Crippen molar-refractivity contribution >= 4 is 23.5 Å². The number of nitrogens with one attached hydrogen (secondary N) is 1. The Morgan fingerprint density at radius 3 is 2.37 bits per heavy atom. The van der Waals surface area contributed by atoms with Gasteiger partial charge in [0, 0.05) is 50.8 Å². The molecule has 2 fully saturated rings. The highest BCUT2D eigenvalue weighted by molar-refractivity contribution is 6.30. The van der Waals surface area contributed by atoms with Gasteiger partial charge in [0.25, 0.3) is 0 Å². The molecule has 2 saturated heterocycles. The lowest BCUT2D eigenvalue weighted by molar-refractivity contribution is -0.133. The van der Waals surface area contributed by atoms with E-state index in [4.69, 9.17) is 11.6 Å². The number of carbonyl (C=O) groups is 1. The number of guanidine groups is 1. The molecule has 1 unspecified atom stereocenters. The lowest BCUT2D eigenvalue weighted by Gasteiger charge is -2.37. The van der Waals surface area contributed by atoms with E-state index >= 15 is 0 Å². The third kappa shape index (κ3) is 6.59. The number of benzene rings is 1. The van der Waals surface area contributed by atoms with E-state index in [0.717, 1.165) is 70.2 Å². The van der Waals surface area contributed by atoms with Crippen LogP contribution < -0.4 is 5.32 Å². The number of aliphatic hydroxyl groups is 1. The van der Waals surface area contributed by atoms with Gasteiger partial charge in [0.1, 0.15) is 0 Å². The summed E-state index contributed by atoms with van der Waals surface area (Å²) in [5.41, 5.74) is 0.806.